The van der Waals surface area contributed by atoms with Crippen molar-refractivity contribution in [3.8, 4) is 0 Å². The summed E-state index contributed by atoms with van der Waals surface area (Å²) in [6.45, 7) is -0.575. The molecule has 0 spiro atoms. The summed E-state index contributed by atoms with van der Waals surface area (Å²) < 4.78 is 0. The molecule has 6 heteroatoms. The first-order valence-corrected chi connectivity index (χ1v) is 3.53. The lowest BCUT2D eigenvalue weighted by atomic mass is 10.1. The summed E-state index contributed by atoms with van der Waals surface area (Å²) in [6, 6.07) is -0.988. The van der Waals surface area contributed by atoms with E-state index in [0.29, 0.717) is 0 Å². The Balaban J connectivity index is 2.64. The molecule has 0 bridgehead atoms. The van der Waals surface area contributed by atoms with Crippen molar-refractivity contribution >= 4 is 5.91 Å². The average molecular weight is 177 g/mol. The molecule has 1 saturated heterocycles. The summed E-state index contributed by atoms with van der Waals surface area (Å²) in [4.78, 5) is 10.7. The number of carbonyl (C=O) groups excluding carboxylic acids is 1. The number of nitrogens with one attached hydrogen (secondary N) is 1. The maximum absolute atomic E-state index is 10.7. The van der Waals surface area contributed by atoms with Crippen LogP contribution in [0.3, 0.4) is 0 Å². The van der Waals surface area contributed by atoms with Gasteiger partial charge in [-0.15, -0.1) is 0 Å². The normalized spacial score (nSPS) is 38.0. The van der Waals surface area contributed by atoms with Gasteiger partial charge in [0.05, 0.1) is 18.8 Å². The fraction of sp³-hybridized carbons (Fsp3) is 0.833. The van der Waals surface area contributed by atoms with Crippen molar-refractivity contribution in [2.24, 2.45) is 0 Å². The number of aliphatic hydroxyl groups is 4. The lowest BCUT2D eigenvalue weighted by Crippen LogP contribution is -2.45. The molecular weight excluding hydrogens is 166 g/mol. The summed E-state index contributed by atoms with van der Waals surface area (Å²) in [7, 11) is 0. The maximum Gasteiger partial charge on any atom is 0.252 e. The highest BCUT2D eigenvalue weighted by molar-refractivity contribution is 5.84. The van der Waals surface area contributed by atoms with Crippen LogP contribution in [0.5, 0.6) is 0 Å². The van der Waals surface area contributed by atoms with E-state index in [9.17, 15) is 4.79 Å². The van der Waals surface area contributed by atoms with E-state index in [4.69, 9.17) is 20.4 Å². The molecule has 5 N–H and O–H groups in total. The predicted octanol–water partition coefficient (Wildman–Crippen LogP) is -3.44. The number of hydrogen-bond donors (Lipinski definition) is 5. The summed E-state index contributed by atoms with van der Waals surface area (Å²) in [5, 5.41) is 37.7. The van der Waals surface area contributed by atoms with Crippen LogP contribution in [-0.4, -0.2) is 57.3 Å². The number of amides is 1. The third-order valence-corrected chi connectivity index (χ3v) is 1.87. The number of aliphatic hydroxyl groups excluding tert-OH is 4. The molecule has 12 heavy (non-hydrogen) atoms. The van der Waals surface area contributed by atoms with Crippen LogP contribution in [0.25, 0.3) is 0 Å². The van der Waals surface area contributed by atoms with E-state index in [1.165, 1.54) is 0 Å². The molecule has 0 aromatic heterocycles. The van der Waals surface area contributed by atoms with E-state index in [1.807, 2.05) is 0 Å². The van der Waals surface area contributed by atoms with Crippen molar-refractivity contribution in [2.75, 3.05) is 6.61 Å². The second kappa shape index (κ2) is 3.36. The van der Waals surface area contributed by atoms with E-state index < -0.39 is 36.9 Å². The van der Waals surface area contributed by atoms with Crippen LogP contribution in [0.2, 0.25) is 0 Å². The summed E-state index contributed by atoms with van der Waals surface area (Å²) in [5.41, 5.74) is 0. The van der Waals surface area contributed by atoms with Gasteiger partial charge in [-0.25, -0.2) is 0 Å². The van der Waals surface area contributed by atoms with Crippen LogP contribution in [0.1, 0.15) is 0 Å². The van der Waals surface area contributed by atoms with Gasteiger partial charge >= 0.3 is 0 Å². The molecule has 1 heterocycles. The molecule has 0 saturated carbocycles. The molecule has 0 aromatic rings. The van der Waals surface area contributed by atoms with Gasteiger partial charge in [-0.1, -0.05) is 0 Å². The monoisotopic (exact) mass is 177 g/mol. The Morgan fingerprint density at radius 2 is 2.08 bits per heavy atom. The van der Waals surface area contributed by atoms with Crippen LogP contribution in [-0.2, 0) is 4.79 Å². The molecule has 0 radical (unpaired) electrons. The lowest BCUT2D eigenvalue weighted by molar-refractivity contribution is -0.128. The second-order valence-electron chi connectivity index (χ2n) is 2.72. The van der Waals surface area contributed by atoms with Crippen molar-refractivity contribution in [3.05, 3.63) is 0 Å². The van der Waals surface area contributed by atoms with Gasteiger partial charge in [0, 0.05) is 0 Å². The summed E-state index contributed by atoms with van der Waals surface area (Å²) >= 11 is 0. The Labute approximate surface area is 68.4 Å². The van der Waals surface area contributed by atoms with Crippen molar-refractivity contribution < 1.29 is 25.2 Å². The zero-order valence-electron chi connectivity index (χ0n) is 6.21. The summed E-state index contributed by atoms with van der Waals surface area (Å²) in [6.07, 6.45) is -4.13. The predicted molar refractivity (Wildman–Crippen MR) is 37.0 cm³/mol. The molecule has 0 aliphatic carbocycles. The molecule has 0 unspecified atom stereocenters. The van der Waals surface area contributed by atoms with Gasteiger partial charge in [0.1, 0.15) is 6.10 Å². The highest BCUT2D eigenvalue weighted by Gasteiger charge is 2.43. The van der Waals surface area contributed by atoms with Crippen LogP contribution in [0.15, 0.2) is 0 Å². The van der Waals surface area contributed by atoms with Crippen LogP contribution in [0, 0.1) is 0 Å². The van der Waals surface area contributed by atoms with Gasteiger partial charge in [-0.05, 0) is 0 Å². The van der Waals surface area contributed by atoms with Crippen molar-refractivity contribution in [3.63, 3.8) is 0 Å². The van der Waals surface area contributed by atoms with E-state index in [-0.39, 0.29) is 0 Å². The molecular formula is C6H11NO5. The molecule has 6 nitrogen and oxygen atoms in total. The molecule has 1 fully saturated rings. The fourth-order valence-electron chi connectivity index (χ4n) is 1.12. The topological polar surface area (TPSA) is 110 Å². The quantitative estimate of drug-likeness (QED) is 0.301. The summed E-state index contributed by atoms with van der Waals surface area (Å²) in [5.74, 6) is -0.736. The van der Waals surface area contributed by atoms with Gasteiger partial charge < -0.3 is 25.7 Å². The Bertz CT molecular complexity index is 185. The molecule has 1 amide bonds. The first-order chi connectivity index (χ1) is 5.57. The molecule has 1 aliphatic rings. The average Bonchev–Trinajstić information content (AvgIpc) is 2.32. The first kappa shape index (κ1) is 9.40. The van der Waals surface area contributed by atoms with Crippen molar-refractivity contribution in [2.45, 2.75) is 24.4 Å². The van der Waals surface area contributed by atoms with E-state index in [0.717, 1.165) is 0 Å². The third-order valence-electron chi connectivity index (χ3n) is 1.87. The Morgan fingerprint density at radius 3 is 2.42 bits per heavy atom. The number of carbonyl (C=O) groups is 1. The Morgan fingerprint density at radius 1 is 1.50 bits per heavy atom. The fourth-order valence-corrected chi connectivity index (χ4v) is 1.12. The van der Waals surface area contributed by atoms with Gasteiger partial charge in [0.2, 0.25) is 0 Å². The maximum atomic E-state index is 10.7. The Hall–Kier alpha value is -0.690. The van der Waals surface area contributed by atoms with Crippen molar-refractivity contribution in [1.29, 1.82) is 0 Å². The smallest absolute Gasteiger partial charge is 0.252 e. The molecule has 4 atom stereocenters. The van der Waals surface area contributed by atoms with Crippen LogP contribution >= 0.6 is 0 Å². The third kappa shape index (κ3) is 1.42. The van der Waals surface area contributed by atoms with E-state index >= 15 is 0 Å². The minimum absolute atomic E-state index is 0.575. The molecule has 70 valence electrons. The highest BCUT2D eigenvalue weighted by Crippen LogP contribution is 2.12. The van der Waals surface area contributed by atoms with Gasteiger partial charge in [0.15, 0.2) is 6.10 Å². The van der Waals surface area contributed by atoms with Gasteiger partial charge in [0.25, 0.3) is 5.91 Å². The first-order valence-electron chi connectivity index (χ1n) is 3.53. The molecule has 0 aromatic carbocycles. The van der Waals surface area contributed by atoms with E-state index in [1.54, 1.807) is 0 Å². The molecule has 1 rings (SSSR count). The zero-order chi connectivity index (χ0) is 9.30. The van der Waals surface area contributed by atoms with Crippen molar-refractivity contribution in [1.82, 2.24) is 5.32 Å². The Kier molecular flexibility index (Phi) is 2.63. The van der Waals surface area contributed by atoms with E-state index in [2.05, 4.69) is 5.32 Å². The van der Waals surface area contributed by atoms with Crippen LogP contribution < -0.4 is 5.32 Å². The number of hydrogen-bond acceptors (Lipinski definition) is 5. The van der Waals surface area contributed by atoms with Gasteiger partial charge in [-0.3, -0.25) is 4.79 Å². The largest absolute Gasteiger partial charge is 0.394 e. The number of rotatable bonds is 2. The zero-order valence-corrected chi connectivity index (χ0v) is 6.21. The van der Waals surface area contributed by atoms with Crippen LogP contribution in [0.4, 0.5) is 0 Å². The minimum Gasteiger partial charge on any atom is -0.394 e. The van der Waals surface area contributed by atoms with Gasteiger partial charge in [-0.2, -0.15) is 0 Å². The highest BCUT2D eigenvalue weighted by atomic mass is 16.4. The minimum atomic E-state index is -1.52. The standard InChI is InChI=1S/C6H11NO5/c8-1-2(9)3-4(10)5(11)6(12)7-3/h2-5,8-11H,1H2,(H,7,12)/t2-,3-,4+,5+/m1/s1. The lowest BCUT2D eigenvalue weighted by Gasteiger charge is -2.18. The second-order valence-corrected chi connectivity index (χ2v) is 2.72. The SMILES string of the molecule is O=C1N[C@H]([C@H](O)CO)[C@H](O)[C@@H]1O. The molecule has 1 aliphatic heterocycles.